The van der Waals surface area contributed by atoms with Crippen molar-refractivity contribution < 1.29 is 101 Å². The van der Waals surface area contributed by atoms with Crippen molar-refractivity contribution in [1.82, 2.24) is 0 Å². The minimum absolute atomic E-state index is 0.00510. The molecule has 3 aliphatic heterocycles. The van der Waals surface area contributed by atoms with Gasteiger partial charge >= 0.3 is 35.8 Å². The van der Waals surface area contributed by atoms with E-state index in [0.717, 1.165) is 31.1 Å². The Morgan fingerprint density at radius 1 is 0.458 bits per heavy atom. The molecule has 0 aromatic heterocycles. The predicted octanol–water partition coefficient (Wildman–Crippen LogP) is 4.35. The van der Waals surface area contributed by atoms with Gasteiger partial charge in [0.15, 0.2) is 61.6 Å². The highest BCUT2D eigenvalue weighted by Gasteiger charge is 2.60. The summed E-state index contributed by atoms with van der Waals surface area (Å²) in [4.78, 5) is 81.1. The molecule has 3 N–H and O–H groups in total. The summed E-state index contributed by atoms with van der Waals surface area (Å²) in [5.74, 6) is -5.57. The number of benzene rings is 5. The zero-order chi connectivity index (χ0) is 59.6. The molecule has 5 aromatic rings. The first-order valence-electron chi connectivity index (χ1n) is 27.0. The highest BCUT2D eigenvalue weighted by molar-refractivity contribution is 6.99. The number of esters is 6. The van der Waals surface area contributed by atoms with Crippen molar-refractivity contribution in [3.63, 3.8) is 0 Å². The van der Waals surface area contributed by atoms with Crippen LogP contribution in [0.3, 0.4) is 0 Å². The maximum Gasteiger partial charge on any atom is 0.338 e. The molecule has 22 heteroatoms. The van der Waals surface area contributed by atoms with Crippen molar-refractivity contribution in [3.8, 4) is 0 Å². The normalized spacial score (nSPS) is 28.1. The summed E-state index contributed by atoms with van der Waals surface area (Å²) < 4.78 is 75.6. The molecule has 0 spiro atoms. The molecule has 15 atom stereocenters. The largest absolute Gasteiger partial charge is 0.456 e. The van der Waals surface area contributed by atoms with Gasteiger partial charge in [-0.25, -0.2) is 14.4 Å². The highest BCUT2D eigenvalue weighted by atomic mass is 28.4. The summed E-state index contributed by atoms with van der Waals surface area (Å²) in [6, 6.07) is 42.2. The summed E-state index contributed by atoms with van der Waals surface area (Å²) in [6.45, 7) is 9.39. The second-order valence-corrected chi connectivity index (χ2v) is 25.4. The van der Waals surface area contributed by atoms with Gasteiger partial charge in [0.25, 0.3) is 8.32 Å². The molecular formula is C61H68O21Si. The molecule has 83 heavy (non-hydrogen) atoms. The summed E-state index contributed by atoms with van der Waals surface area (Å²) >= 11 is 0. The van der Waals surface area contributed by atoms with Crippen LogP contribution in [0.1, 0.15) is 79.5 Å². The zero-order valence-electron chi connectivity index (χ0n) is 46.7. The molecule has 0 radical (unpaired) electrons. The topological polar surface area (TPSA) is 274 Å². The van der Waals surface area contributed by atoms with Crippen molar-refractivity contribution in [2.24, 2.45) is 0 Å². The van der Waals surface area contributed by atoms with Crippen LogP contribution < -0.4 is 10.4 Å². The Bertz CT molecular complexity index is 2930. The van der Waals surface area contributed by atoms with E-state index < -0.39 is 155 Å². The number of carbonyl (C=O) groups excluding carboxylic acids is 6. The molecule has 3 aliphatic rings. The fourth-order valence-electron chi connectivity index (χ4n) is 10.5. The predicted molar refractivity (Wildman–Crippen MR) is 294 cm³/mol. The van der Waals surface area contributed by atoms with Crippen molar-refractivity contribution in [1.29, 1.82) is 0 Å². The molecule has 0 bridgehead atoms. The second-order valence-electron chi connectivity index (χ2n) is 21.1. The first-order valence-corrected chi connectivity index (χ1v) is 28.9. The third kappa shape index (κ3) is 14.4. The number of aliphatic hydroxyl groups is 3. The third-order valence-electron chi connectivity index (χ3n) is 14.3. The Labute approximate surface area is 480 Å². The van der Waals surface area contributed by atoms with Crippen molar-refractivity contribution in [2.45, 2.75) is 146 Å². The van der Waals surface area contributed by atoms with Crippen LogP contribution in [0.4, 0.5) is 0 Å². The Morgan fingerprint density at radius 2 is 0.831 bits per heavy atom. The number of hydrogen-bond acceptors (Lipinski definition) is 21. The van der Waals surface area contributed by atoms with Crippen LogP contribution in [0.2, 0.25) is 5.04 Å². The number of hydrogen-bond donors (Lipinski definition) is 3. The van der Waals surface area contributed by atoms with Crippen LogP contribution >= 0.6 is 0 Å². The van der Waals surface area contributed by atoms with Crippen LogP contribution in [0.5, 0.6) is 0 Å². The van der Waals surface area contributed by atoms with Gasteiger partial charge in [-0.1, -0.05) is 136 Å². The first-order chi connectivity index (χ1) is 39.7. The van der Waals surface area contributed by atoms with E-state index in [1.54, 1.807) is 54.6 Å². The van der Waals surface area contributed by atoms with E-state index >= 15 is 0 Å². The van der Waals surface area contributed by atoms with E-state index in [2.05, 4.69) is 0 Å². The van der Waals surface area contributed by atoms with Gasteiger partial charge in [-0.3, -0.25) is 14.4 Å². The molecule has 21 nitrogen and oxygen atoms in total. The minimum atomic E-state index is -3.55. The van der Waals surface area contributed by atoms with Crippen molar-refractivity contribution in [3.05, 3.63) is 168 Å². The molecule has 3 saturated heterocycles. The van der Waals surface area contributed by atoms with E-state index in [1.807, 2.05) is 81.4 Å². The van der Waals surface area contributed by atoms with E-state index in [4.69, 9.17) is 56.5 Å². The standard InChI is InChI=1S/C61H68O21Si/c1-35-47(73-36(2)63)50(74-37(3)64)54(75-38(4)65)59(72-35)82-52-51(79-56(68)40-25-15-9-16-26-40)48(45(76-58(52)70)34-71-83(61(5,6)7,42-29-19-11-20-30-42)43-31-21-12-22-32-43)81-60-53(80-57(69)41-27-17-10-18-28-41)49(46(66)44(33-62)77-60)78-55(67)39-23-13-8-14-24-39/h8-32,35,44-54,58-60,62,66,70H,33-34H2,1-7H3/t35-,44+,45+,46+,47-,48+,49-,50+,51-,52+,53+,54+,58+,59-,60-/m0/s1. The Hall–Kier alpha value is -7.22. The average Bonchev–Trinajstić information content (AvgIpc) is 3.50. The highest BCUT2D eigenvalue weighted by Crippen LogP contribution is 2.41. The van der Waals surface area contributed by atoms with Gasteiger partial charge in [0, 0.05) is 20.8 Å². The summed E-state index contributed by atoms with van der Waals surface area (Å²) in [6.07, 6.45) is -26.4. The Balaban J connectivity index is 1.30. The van der Waals surface area contributed by atoms with Crippen LogP contribution in [0.25, 0.3) is 0 Å². The molecule has 0 aliphatic carbocycles. The quantitative estimate of drug-likeness (QED) is 0.0589. The summed E-state index contributed by atoms with van der Waals surface area (Å²) in [5, 5.41) is 36.4. The van der Waals surface area contributed by atoms with Crippen LogP contribution in [0, 0.1) is 0 Å². The smallest absolute Gasteiger partial charge is 0.338 e. The third-order valence-corrected chi connectivity index (χ3v) is 19.3. The maximum absolute atomic E-state index is 14.7. The molecule has 8 rings (SSSR count). The van der Waals surface area contributed by atoms with Crippen LogP contribution in [-0.2, 0) is 70.9 Å². The fraction of sp³-hybridized carbons (Fsp3) is 0.410. The van der Waals surface area contributed by atoms with Gasteiger partial charge in [-0.05, 0) is 58.7 Å². The fourth-order valence-corrected chi connectivity index (χ4v) is 15.1. The molecule has 0 amide bonds. The number of aliphatic hydroxyl groups excluding tert-OH is 3. The van der Waals surface area contributed by atoms with Gasteiger partial charge in [0.2, 0.25) is 0 Å². The average molecular weight is 1170 g/mol. The van der Waals surface area contributed by atoms with E-state index in [-0.39, 0.29) is 16.7 Å². The van der Waals surface area contributed by atoms with Gasteiger partial charge in [0.05, 0.1) is 36.0 Å². The summed E-state index contributed by atoms with van der Waals surface area (Å²) in [7, 11) is -3.55. The lowest BCUT2D eigenvalue weighted by Gasteiger charge is -2.50. The van der Waals surface area contributed by atoms with E-state index in [1.165, 1.54) is 43.3 Å². The minimum Gasteiger partial charge on any atom is -0.456 e. The Morgan fingerprint density at radius 3 is 1.28 bits per heavy atom. The second kappa shape index (κ2) is 27.4. The Kier molecular flexibility index (Phi) is 20.4. The van der Waals surface area contributed by atoms with Crippen LogP contribution in [-0.4, -0.2) is 165 Å². The van der Waals surface area contributed by atoms with Crippen LogP contribution in [0.15, 0.2) is 152 Å². The lowest BCUT2D eigenvalue weighted by Crippen LogP contribution is -2.70. The molecule has 442 valence electrons. The van der Waals surface area contributed by atoms with E-state index in [0.29, 0.717) is 0 Å². The molecule has 0 unspecified atom stereocenters. The first kappa shape index (κ1) is 61.8. The maximum atomic E-state index is 14.7. The van der Waals surface area contributed by atoms with E-state index in [9.17, 15) is 44.1 Å². The SMILES string of the molecule is CC(=O)O[C@@H]1[C@@H](OC(C)=O)[C@H](C)O[C@@H](O[C@@H]2[C@@H](OC(=O)c3ccccc3)[C@H](O[C@@H]3O[C@H](CO)[C@@H](O)[C@H](OC(=O)c4ccccc4)[C@H]3OC(=O)c3ccccc3)[C@@H](CO[Si](c3ccccc3)(c3ccccc3)C(C)(C)C)O[C@H]2O)[C@@H]1OC(C)=O. The molecule has 3 heterocycles. The van der Waals surface area contributed by atoms with Crippen molar-refractivity contribution >= 4 is 54.5 Å². The summed E-state index contributed by atoms with van der Waals surface area (Å²) in [5.41, 5.74) is 0.0707. The zero-order valence-corrected chi connectivity index (χ0v) is 47.7. The molecule has 3 fully saturated rings. The number of carbonyl (C=O) groups is 6. The number of ether oxygens (including phenoxy) is 11. The lowest BCUT2D eigenvalue weighted by atomic mass is 9.95. The monoisotopic (exact) mass is 1160 g/mol. The van der Waals surface area contributed by atoms with Gasteiger partial charge < -0.3 is 71.9 Å². The lowest BCUT2D eigenvalue weighted by molar-refractivity contribution is -0.379. The molecule has 0 saturated carbocycles. The molecule has 5 aromatic carbocycles. The van der Waals surface area contributed by atoms with Gasteiger partial charge in [-0.15, -0.1) is 0 Å². The van der Waals surface area contributed by atoms with Crippen molar-refractivity contribution in [2.75, 3.05) is 13.2 Å². The molecular weight excluding hydrogens is 1100 g/mol. The van der Waals surface area contributed by atoms with Gasteiger partial charge in [-0.2, -0.15) is 0 Å². The number of rotatable bonds is 19. The van der Waals surface area contributed by atoms with Gasteiger partial charge in [0.1, 0.15) is 24.4 Å².